The first-order chi connectivity index (χ1) is 9.31. The fourth-order valence-corrected chi connectivity index (χ4v) is 2.11. The monoisotopic (exact) mass is 276 g/mol. The van der Waals surface area contributed by atoms with Crippen LogP contribution in [0.15, 0.2) is 24.3 Å². The van der Waals surface area contributed by atoms with Crippen LogP contribution in [0, 0.1) is 11.8 Å². The van der Waals surface area contributed by atoms with Gasteiger partial charge >= 0.3 is 0 Å². The number of carbonyl (C=O) groups is 1. The first-order valence-corrected chi connectivity index (χ1v) is 7.46. The quantitative estimate of drug-likeness (QED) is 0.839. The van der Waals surface area contributed by atoms with E-state index in [0.29, 0.717) is 5.92 Å². The number of carbonyl (C=O) groups excluding carboxylic acids is 1. The van der Waals surface area contributed by atoms with Gasteiger partial charge in [-0.2, -0.15) is 0 Å². The lowest BCUT2D eigenvalue weighted by atomic mass is 9.99. The van der Waals surface area contributed by atoms with E-state index in [1.807, 2.05) is 20.8 Å². The van der Waals surface area contributed by atoms with Crippen LogP contribution < -0.4 is 11.1 Å². The Balaban J connectivity index is 2.63. The summed E-state index contributed by atoms with van der Waals surface area (Å²) in [5.74, 6) is 0.719. The van der Waals surface area contributed by atoms with Crippen molar-refractivity contribution >= 4 is 5.91 Å². The third-order valence-corrected chi connectivity index (χ3v) is 3.50. The summed E-state index contributed by atoms with van der Waals surface area (Å²) in [6, 6.07) is 7.99. The van der Waals surface area contributed by atoms with E-state index >= 15 is 0 Å². The van der Waals surface area contributed by atoms with Crippen molar-refractivity contribution < 1.29 is 4.79 Å². The van der Waals surface area contributed by atoms with Crippen LogP contribution in [-0.4, -0.2) is 11.9 Å². The Morgan fingerprint density at radius 2 is 1.65 bits per heavy atom. The molecule has 112 valence electrons. The fraction of sp³-hybridized carbons (Fsp3) is 0.588. The van der Waals surface area contributed by atoms with Gasteiger partial charge in [-0.15, -0.1) is 0 Å². The Labute approximate surface area is 122 Å². The van der Waals surface area contributed by atoms with Gasteiger partial charge in [0.25, 0.3) is 0 Å². The molecule has 0 bridgehead atoms. The second-order valence-electron chi connectivity index (χ2n) is 6.34. The van der Waals surface area contributed by atoms with Gasteiger partial charge in [-0.1, -0.05) is 52.0 Å². The van der Waals surface area contributed by atoms with E-state index in [4.69, 9.17) is 5.73 Å². The Morgan fingerprint density at radius 3 is 2.10 bits per heavy atom. The third kappa shape index (κ3) is 4.97. The van der Waals surface area contributed by atoms with Crippen LogP contribution in [0.2, 0.25) is 0 Å². The molecule has 20 heavy (non-hydrogen) atoms. The van der Waals surface area contributed by atoms with Crippen molar-refractivity contribution in [2.75, 3.05) is 0 Å². The van der Waals surface area contributed by atoms with Crippen molar-refractivity contribution in [3.8, 4) is 0 Å². The summed E-state index contributed by atoms with van der Waals surface area (Å²) in [4.78, 5) is 11.9. The number of amides is 1. The molecule has 1 rings (SSSR count). The average molecular weight is 276 g/mol. The molecular weight excluding hydrogens is 248 g/mol. The predicted octanol–water partition coefficient (Wildman–Crippen LogP) is 3.05. The summed E-state index contributed by atoms with van der Waals surface area (Å²) in [6.45, 7) is 10.3. The summed E-state index contributed by atoms with van der Waals surface area (Å²) in [5, 5.41) is 2.97. The molecule has 1 unspecified atom stereocenters. The summed E-state index contributed by atoms with van der Waals surface area (Å²) in [7, 11) is 0. The number of hydrogen-bond acceptors (Lipinski definition) is 2. The van der Waals surface area contributed by atoms with Crippen molar-refractivity contribution in [3.63, 3.8) is 0 Å². The van der Waals surface area contributed by atoms with Gasteiger partial charge in [-0.05, 0) is 36.3 Å². The van der Waals surface area contributed by atoms with Gasteiger partial charge in [0, 0.05) is 0 Å². The molecule has 3 heteroatoms. The van der Waals surface area contributed by atoms with E-state index < -0.39 is 6.04 Å². The topological polar surface area (TPSA) is 55.1 Å². The minimum atomic E-state index is -0.447. The lowest BCUT2D eigenvalue weighted by Gasteiger charge is -2.20. The van der Waals surface area contributed by atoms with E-state index in [0.717, 1.165) is 12.0 Å². The minimum Gasteiger partial charge on any atom is -0.348 e. The van der Waals surface area contributed by atoms with Gasteiger partial charge in [0.2, 0.25) is 5.91 Å². The highest BCUT2D eigenvalue weighted by Gasteiger charge is 2.19. The van der Waals surface area contributed by atoms with Crippen LogP contribution in [0.25, 0.3) is 0 Å². The molecule has 3 nitrogen and oxygen atoms in total. The van der Waals surface area contributed by atoms with Gasteiger partial charge < -0.3 is 11.1 Å². The highest BCUT2D eigenvalue weighted by atomic mass is 16.2. The van der Waals surface area contributed by atoms with E-state index in [2.05, 4.69) is 43.4 Å². The number of hydrogen-bond donors (Lipinski definition) is 2. The summed E-state index contributed by atoms with van der Waals surface area (Å²) in [6.07, 6.45) is 1.08. The van der Waals surface area contributed by atoms with Gasteiger partial charge in [0.05, 0.1) is 12.1 Å². The van der Waals surface area contributed by atoms with Crippen LogP contribution in [-0.2, 0) is 11.2 Å². The SMILES string of the molecule is CC(C)Cc1ccc(C(C)NC(=O)[C@@H](N)C(C)C)cc1. The summed E-state index contributed by atoms with van der Waals surface area (Å²) in [5.41, 5.74) is 8.30. The van der Waals surface area contributed by atoms with E-state index in [1.54, 1.807) is 0 Å². The van der Waals surface area contributed by atoms with E-state index in [1.165, 1.54) is 5.56 Å². The van der Waals surface area contributed by atoms with Crippen LogP contribution in [0.1, 0.15) is 51.8 Å². The Bertz CT molecular complexity index is 423. The maximum atomic E-state index is 11.9. The van der Waals surface area contributed by atoms with Gasteiger partial charge in [0.15, 0.2) is 0 Å². The Hall–Kier alpha value is -1.35. The normalized spacial score (nSPS) is 14.4. The molecule has 2 atom stereocenters. The average Bonchev–Trinajstić information content (AvgIpc) is 2.37. The number of nitrogens with two attached hydrogens (primary N) is 1. The van der Waals surface area contributed by atoms with Crippen LogP contribution in [0.5, 0.6) is 0 Å². The molecule has 3 N–H and O–H groups in total. The summed E-state index contributed by atoms with van der Waals surface area (Å²) < 4.78 is 0. The molecule has 1 aromatic carbocycles. The van der Waals surface area contributed by atoms with Crippen molar-refractivity contribution in [1.29, 1.82) is 0 Å². The Kier molecular flexibility index (Phi) is 6.21. The second kappa shape index (κ2) is 7.44. The smallest absolute Gasteiger partial charge is 0.237 e. The van der Waals surface area contributed by atoms with Crippen LogP contribution in [0.3, 0.4) is 0 Å². The molecule has 1 aromatic rings. The lowest BCUT2D eigenvalue weighted by molar-refractivity contribution is -0.123. The molecule has 0 spiro atoms. The zero-order valence-corrected chi connectivity index (χ0v) is 13.3. The van der Waals surface area contributed by atoms with Crippen molar-refractivity contribution in [3.05, 3.63) is 35.4 Å². The molecule has 0 fully saturated rings. The van der Waals surface area contributed by atoms with E-state index in [-0.39, 0.29) is 17.9 Å². The molecule has 0 saturated heterocycles. The Morgan fingerprint density at radius 1 is 1.10 bits per heavy atom. The lowest BCUT2D eigenvalue weighted by Crippen LogP contribution is -2.44. The molecular formula is C17H28N2O. The zero-order valence-electron chi connectivity index (χ0n) is 13.3. The third-order valence-electron chi connectivity index (χ3n) is 3.50. The minimum absolute atomic E-state index is 0.0135. The largest absolute Gasteiger partial charge is 0.348 e. The number of nitrogens with one attached hydrogen (secondary N) is 1. The van der Waals surface area contributed by atoms with Crippen molar-refractivity contribution in [1.82, 2.24) is 5.32 Å². The van der Waals surface area contributed by atoms with Crippen LogP contribution >= 0.6 is 0 Å². The number of rotatable bonds is 6. The first-order valence-electron chi connectivity index (χ1n) is 7.46. The standard InChI is InChI=1S/C17H28N2O/c1-11(2)10-14-6-8-15(9-7-14)13(5)19-17(20)16(18)12(3)4/h6-9,11-13,16H,10,18H2,1-5H3,(H,19,20)/t13?,16-/m0/s1. The van der Waals surface area contributed by atoms with Crippen molar-refractivity contribution in [2.45, 2.75) is 53.1 Å². The zero-order chi connectivity index (χ0) is 15.3. The number of benzene rings is 1. The second-order valence-corrected chi connectivity index (χ2v) is 6.34. The highest BCUT2D eigenvalue weighted by molar-refractivity contribution is 5.82. The molecule has 0 aromatic heterocycles. The first kappa shape index (κ1) is 16.7. The molecule has 0 heterocycles. The highest BCUT2D eigenvalue weighted by Crippen LogP contribution is 2.16. The molecule has 0 aliphatic heterocycles. The maximum Gasteiger partial charge on any atom is 0.237 e. The maximum absolute atomic E-state index is 11.9. The molecule has 0 aliphatic carbocycles. The molecule has 0 radical (unpaired) electrons. The van der Waals surface area contributed by atoms with E-state index in [9.17, 15) is 4.79 Å². The van der Waals surface area contributed by atoms with Gasteiger partial charge in [-0.3, -0.25) is 4.79 Å². The molecule has 1 amide bonds. The van der Waals surface area contributed by atoms with Gasteiger partial charge in [-0.25, -0.2) is 0 Å². The molecule has 0 aliphatic rings. The van der Waals surface area contributed by atoms with Gasteiger partial charge in [0.1, 0.15) is 0 Å². The fourth-order valence-electron chi connectivity index (χ4n) is 2.11. The predicted molar refractivity (Wildman–Crippen MR) is 84.4 cm³/mol. The molecule has 0 saturated carbocycles. The van der Waals surface area contributed by atoms with Crippen molar-refractivity contribution in [2.24, 2.45) is 17.6 Å². The summed E-state index contributed by atoms with van der Waals surface area (Å²) >= 11 is 0. The van der Waals surface area contributed by atoms with Crippen LogP contribution in [0.4, 0.5) is 0 Å².